The minimum Gasteiger partial charge on any atom is -0.755 e. The van der Waals surface area contributed by atoms with Crippen molar-refractivity contribution in [3.05, 3.63) is 28.3 Å². The number of hydrogen-bond donors (Lipinski definition) is 1. The lowest BCUT2D eigenvalue weighted by Crippen LogP contribution is -2.46. The molecule has 0 aliphatic carbocycles. The van der Waals surface area contributed by atoms with E-state index in [4.69, 9.17) is 9.57 Å². The summed E-state index contributed by atoms with van der Waals surface area (Å²) in [6.45, 7) is 5.07. The molecule has 1 atom stereocenters. The highest BCUT2D eigenvalue weighted by atomic mass is 32.2. The van der Waals surface area contributed by atoms with Gasteiger partial charge < -0.3 is 18.8 Å². The van der Waals surface area contributed by atoms with Crippen LogP contribution >= 0.6 is 0 Å². The average Bonchev–Trinajstić information content (AvgIpc) is 2.61. The third kappa shape index (κ3) is 6.61. The Morgan fingerprint density at radius 2 is 2.00 bits per heavy atom. The third-order valence-corrected chi connectivity index (χ3v) is 4.69. The van der Waals surface area contributed by atoms with Crippen LogP contribution in [-0.2, 0) is 20.9 Å². The highest BCUT2D eigenvalue weighted by Gasteiger charge is 2.38. The molecule has 29 heavy (non-hydrogen) atoms. The maximum absolute atomic E-state index is 15.0. The number of nitrogens with one attached hydrogen (secondary N) is 1. The fraction of sp³-hybridized carbons (Fsp3) is 0.588. The number of nitro benzene ring substituents is 1. The molecule has 10 nitrogen and oxygen atoms in total. The van der Waals surface area contributed by atoms with E-state index in [-0.39, 0.29) is 37.4 Å². The molecule has 1 saturated heterocycles. The smallest absolute Gasteiger partial charge is 0.330 e. The Labute approximate surface area is 169 Å². The van der Waals surface area contributed by atoms with E-state index in [1.807, 2.05) is 4.72 Å². The Bertz CT molecular complexity index is 792. The molecule has 0 radical (unpaired) electrons. The quantitative estimate of drug-likeness (QED) is 0.394. The molecule has 2 rings (SSSR count). The van der Waals surface area contributed by atoms with Crippen LogP contribution < -0.4 is 9.46 Å². The lowest BCUT2D eigenvalue weighted by molar-refractivity contribution is -0.385. The van der Waals surface area contributed by atoms with Crippen LogP contribution in [-0.4, -0.2) is 50.1 Å². The first-order valence-corrected chi connectivity index (χ1v) is 9.90. The summed E-state index contributed by atoms with van der Waals surface area (Å²) < 4.78 is 43.7. The number of benzene rings is 1. The van der Waals surface area contributed by atoms with Gasteiger partial charge in [0.25, 0.3) is 0 Å². The Morgan fingerprint density at radius 1 is 1.38 bits per heavy atom. The summed E-state index contributed by atoms with van der Waals surface area (Å²) in [6, 6.07) is 3.47. The van der Waals surface area contributed by atoms with E-state index in [0.717, 1.165) is 6.07 Å². The van der Waals surface area contributed by atoms with E-state index in [1.54, 1.807) is 20.8 Å². The number of rotatable bonds is 7. The number of piperidine rings is 1. The summed E-state index contributed by atoms with van der Waals surface area (Å²) >= 11 is -2.64. The first-order valence-electron chi connectivity index (χ1n) is 8.83. The zero-order chi connectivity index (χ0) is 21.8. The van der Waals surface area contributed by atoms with Gasteiger partial charge in [-0.05, 0) is 32.9 Å². The molecule has 1 fully saturated rings. The summed E-state index contributed by atoms with van der Waals surface area (Å²) in [6.07, 6.45) is 0.0417. The SMILES string of the molecule is CC(C)(C)C(=O)ON1CCC(F)(COc2ccc(NS(=O)[O-])cc2[N+](=O)[O-])CC1. The predicted molar refractivity (Wildman–Crippen MR) is 101 cm³/mol. The molecule has 1 unspecified atom stereocenters. The van der Waals surface area contributed by atoms with E-state index in [0.29, 0.717) is 0 Å². The van der Waals surface area contributed by atoms with Gasteiger partial charge in [0.1, 0.15) is 12.3 Å². The maximum atomic E-state index is 15.0. The van der Waals surface area contributed by atoms with Gasteiger partial charge in [0.2, 0.25) is 0 Å². The van der Waals surface area contributed by atoms with Crippen molar-refractivity contribution in [3.8, 4) is 5.75 Å². The van der Waals surface area contributed by atoms with Gasteiger partial charge >= 0.3 is 11.7 Å². The van der Waals surface area contributed by atoms with Gasteiger partial charge in [0.15, 0.2) is 5.75 Å². The molecular weight excluding hydrogens is 409 g/mol. The van der Waals surface area contributed by atoms with Crippen molar-refractivity contribution in [3.63, 3.8) is 0 Å². The number of hydrogen-bond acceptors (Lipinski definition) is 8. The lowest BCUT2D eigenvalue weighted by atomic mass is 9.95. The fourth-order valence-electron chi connectivity index (χ4n) is 2.53. The molecule has 1 aromatic rings. The third-order valence-electron chi connectivity index (χ3n) is 4.29. The van der Waals surface area contributed by atoms with Crippen LogP contribution in [0.3, 0.4) is 0 Å². The van der Waals surface area contributed by atoms with Crippen LogP contribution in [0.1, 0.15) is 33.6 Å². The van der Waals surface area contributed by atoms with Gasteiger partial charge in [-0.3, -0.25) is 14.3 Å². The van der Waals surface area contributed by atoms with Crippen molar-refractivity contribution in [2.75, 3.05) is 24.4 Å². The molecule has 1 N–H and O–H groups in total. The van der Waals surface area contributed by atoms with Crippen molar-refractivity contribution in [1.29, 1.82) is 0 Å². The number of nitrogens with zero attached hydrogens (tertiary/aromatic N) is 2. The van der Waals surface area contributed by atoms with Crippen LogP contribution in [0.15, 0.2) is 18.2 Å². The zero-order valence-corrected chi connectivity index (χ0v) is 17.1. The van der Waals surface area contributed by atoms with E-state index in [2.05, 4.69) is 0 Å². The number of nitro groups is 1. The molecule has 0 spiro atoms. The lowest BCUT2D eigenvalue weighted by Gasteiger charge is -2.35. The van der Waals surface area contributed by atoms with Crippen LogP contribution in [0.4, 0.5) is 15.8 Å². The van der Waals surface area contributed by atoms with Crippen molar-refractivity contribution in [2.24, 2.45) is 5.41 Å². The second-order valence-electron chi connectivity index (χ2n) is 7.77. The second-order valence-corrected chi connectivity index (χ2v) is 8.45. The molecule has 1 aliphatic rings. The van der Waals surface area contributed by atoms with E-state index >= 15 is 4.39 Å². The topological polar surface area (TPSA) is 134 Å². The van der Waals surface area contributed by atoms with Crippen molar-refractivity contribution < 1.29 is 32.4 Å². The van der Waals surface area contributed by atoms with E-state index in [9.17, 15) is 23.7 Å². The zero-order valence-electron chi connectivity index (χ0n) is 16.3. The summed E-state index contributed by atoms with van der Waals surface area (Å²) in [4.78, 5) is 27.6. The number of alkyl halides is 1. The van der Waals surface area contributed by atoms with Crippen molar-refractivity contribution in [2.45, 2.75) is 39.3 Å². The first-order chi connectivity index (χ1) is 13.4. The van der Waals surface area contributed by atoms with Crippen LogP contribution in [0.5, 0.6) is 5.75 Å². The molecule has 1 aromatic carbocycles. The number of hydroxylamine groups is 2. The standard InChI is InChI=1S/C17H24FN3O7S/c1-16(2,3)15(22)28-20-8-6-17(18,7-9-20)11-27-14-5-4-12(19-29(25)26)10-13(14)21(23)24/h4-5,10,19H,6-9,11H2,1-3H3,(H,25,26)/p-1. The fourth-order valence-corrected chi connectivity index (χ4v) is 2.85. The van der Waals surface area contributed by atoms with Gasteiger partial charge in [0, 0.05) is 43.3 Å². The molecule has 0 aromatic heterocycles. The Balaban J connectivity index is 1.97. The molecule has 0 bridgehead atoms. The van der Waals surface area contributed by atoms with Gasteiger partial charge in [-0.1, -0.05) is 0 Å². The average molecular weight is 432 g/mol. The van der Waals surface area contributed by atoms with Gasteiger partial charge in [0.05, 0.1) is 16.0 Å². The molecule has 1 aliphatic heterocycles. The van der Waals surface area contributed by atoms with Gasteiger partial charge in [-0.25, -0.2) is 9.18 Å². The summed E-state index contributed by atoms with van der Waals surface area (Å²) in [5.41, 5.74) is -2.92. The highest BCUT2D eigenvalue weighted by molar-refractivity contribution is 7.80. The summed E-state index contributed by atoms with van der Waals surface area (Å²) in [5, 5.41) is 12.6. The first kappa shape index (κ1) is 23.0. The Hall–Kier alpha value is -2.31. The normalized spacial score (nSPS) is 18.0. The monoisotopic (exact) mass is 432 g/mol. The Kier molecular flexibility index (Phi) is 7.14. The maximum Gasteiger partial charge on any atom is 0.330 e. The van der Waals surface area contributed by atoms with E-state index < -0.39 is 45.5 Å². The second kappa shape index (κ2) is 9.01. The van der Waals surface area contributed by atoms with Crippen LogP contribution in [0.25, 0.3) is 0 Å². The highest BCUT2D eigenvalue weighted by Crippen LogP contribution is 2.33. The van der Waals surface area contributed by atoms with Crippen molar-refractivity contribution >= 4 is 28.6 Å². The molecule has 0 amide bonds. The Morgan fingerprint density at radius 3 is 2.52 bits per heavy atom. The van der Waals surface area contributed by atoms with Crippen LogP contribution in [0.2, 0.25) is 0 Å². The summed E-state index contributed by atoms with van der Waals surface area (Å²) in [5.74, 6) is -0.584. The molecule has 1 heterocycles. The predicted octanol–water partition coefficient (Wildman–Crippen LogP) is 2.49. The molecular formula is C17H23FN3O7S-. The van der Waals surface area contributed by atoms with Crippen LogP contribution in [0, 0.1) is 15.5 Å². The van der Waals surface area contributed by atoms with Gasteiger partial charge in [-0.15, -0.1) is 5.06 Å². The number of carbonyl (C=O) groups is 1. The van der Waals surface area contributed by atoms with E-state index in [1.165, 1.54) is 17.2 Å². The molecule has 0 saturated carbocycles. The number of anilines is 1. The largest absolute Gasteiger partial charge is 0.755 e. The molecule has 12 heteroatoms. The van der Waals surface area contributed by atoms with Crippen molar-refractivity contribution in [1.82, 2.24) is 5.06 Å². The number of halogens is 1. The number of ether oxygens (including phenoxy) is 1. The molecule has 162 valence electrons. The summed E-state index contributed by atoms with van der Waals surface area (Å²) in [7, 11) is 0. The number of carbonyl (C=O) groups excluding carboxylic acids is 1. The van der Waals surface area contributed by atoms with Gasteiger partial charge in [-0.2, -0.15) is 0 Å². The minimum atomic E-state index is -2.64. The minimum absolute atomic E-state index is 0.0127.